The van der Waals surface area contributed by atoms with E-state index in [9.17, 15) is 9.59 Å². The first-order valence-electron chi connectivity index (χ1n) is 10.3. The van der Waals surface area contributed by atoms with Gasteiger partial charge < -0.3 is 5.32 Å². The van der Waals surface area contributed by atoms with Crippen molar-refractivity contribution in [1.82, 2.24) is 19.7 Å². The molecule has 0 atom stereocenters. The average molecular weight is 433 g/mol. The maximum atomic E-state index is 12.6. The molecule has 2 aromatic carbocycles. The lowest BCUT2D eigenvalue weighted by atomic mass is 10.1. The van der Waals surface area contributed by atoms with Crippen molar-refractivity contribution in [3.8, 4) is 16.9 Å². The van der Waals surface area contributed by atoms with Gasteiger partial charge in [0.25, 0.3) is 5.91 Å². The first-order chi connectivity index (χ1) is 15.1. The molecule has 7 heteroatoms. The Balaban J connectivity index is 1.46. The Morgan fingerprint density at radius 1 is 1.10 bits per heavy atom. The third-order valence-electron chi connectivity index (χ3n) is 5.13. The third kappa shape index (κ3) is 4.83. The minimum Gasteiger partial charge on any atom is -0.352 e. The van der Waals surface area contributed by atoms with Gasteiger partial charge in [-0.3, -0.25) is 18.8 Å². The Hall–Kier alpha value is -3.45. The summed E-state index contributed by atoms with van der Waals surface area (Å²) >= 11 is 1.16. The number of hydrogen-bond acceptors (Lipinski definition) is 4. The van der Waals surface area contributed by atoms with Crippen LogP contribution in [0.3, 0.4) is 0 Å². The fourth-order valence-electron chi connectivity index (χ4n) is 3.50. The molecule has 158 valence electrons. The van der Waals surface area contributed by atoms with Crippen LogP contribution in [0.2, 0.25) is 0 Å². The van der Waals surface area contributed by atoms with Gasteiger partial charge in [-0.05, 0) is 49.6 Å². The van der Waals surface area contributed by atoms with E-state index in [1.807, 2.05) is 71.7 Å². The Morgan fingerprint density at radius 2 is 1.97 bits per heavy atom. The van der Waals surface area contributed by atoms with Gasteiger partial charge in [0.05, 0.1) is 11.4 Å². The predicted octanol–water partition coefficient (Wildman–Crippen LogP) is 4.28. The van der Waals surface area contributed by atoms with Crippen LogP contribution in [0.1, 0.15) is 28.8 Å². The number of rotatable bonds is 8. The fourth-order valence-corrected chi connectivity index (χ4v) is 4.26. The highest BCUT2D eigenvalue weighted by atomic mass is 32.1. The lowest BCUT2D eigenvalue weighted by Crippen LogP contribution is -2.24. The molecule has 0 saturated carbocycles. The molecule has 0 saturated heterocycles. The van der Waals surface area contributed by atoms with E-state index in [2.05, 4.69) is 10.4 Å². The van der Waals surface area contributed by atoms with Crippen LogP contribution >= 0.6 is 11.3 Å². The topological polar surface area (TPSA) is 68.9 Å². The van der Waals surface area contributed by atoms with Gasteiger partial charge in [0.1, 0.15) is 0 Å². The second kappa shape index (κ2) is 9.57. The molecule has 4 rings (SSSR count). The van der Waals surface area contributed by atoms with Crippen molar-refractivity contribution in [3.63, 3.8) is 0 Å². The normalized spacial score (nSPS) is 10.9. The minimum absolute atomic E-state index is 0.0451. The number of aromatic nitrogens is 3. The minimum atomic E-state index is -0.110. The number of benzene rings is 2. The molecule has 1 N–H and O–H groups in total. The highest BCUT2D eigenvalue weighted by Gasteiger charge is 2.14. The first-order valence-corrected chi connectivity index (χ1v) is 11.1. The quantitative estimate of drug-likeness (QED) is 0.423. The van der Waals surface area contributed by atoms with Crippen LogP contribution < -0.4 is 10.2 Å². The average Bonchev–Trinajstić information content (AvgIpc) is 3.44. The molecule has 0 aliphatic rings. The van der Waals surface area contributed by atoms with Crippen molar-refractivity contribution in [1.29, 1.82) is 0 Å². The zero-order valence-electron chi connectivity index (χ0n) is 17.3. The van der Waals surface area contributed by atoms with Crippen LogP contribution in [0, 0.1) is 6.92 Å². The molecular formula is C24H24N4O2S. The maximum Gasteiger partial charge on any atom is 0.312 e. The molecule has 0 aliphatic heterocycles. The monoisotopic (exact) mass is 432 g/mol. The smallest absolute Gasteiger partial charge is 0.312 e. The van der Waals surface area contributed by atoms with Gasteiger partial charge >= 0.3 is 4.87 Å². The number of thiazole rings is 1. The van der Waals surface area contributed by atoms with E-state index in [0.717, 1.165) is 53.2 Å². The number of unbranched alkanes of at least 4 members (excludes halogenated alkanes) is 1. The molecule has 31 heavy (non-hydrogen) atoms. The van der Waals surface area contributed by atoms with Crippen molar-refractivity contribution in [3.05, 3.63) is 93.2 Å². The van der Waals surface area contributed by atoms with E-state index in [1.165, 1.54) is 0 Å². The second-order valence-corrected chi connectivity index (χ2v) is 8.14. The van der Waals surface area contributed by atoms with Crippen LogP contribution in [0.15, 0.2) is 77.2 Å². The summed E-state index contributed by atoms with van der Waals surface area (Å²) in [4.78, 5) is 25.2. The Kier molecular flexibility index (Phi) is 6.43. The van der Waals surface area contributed by atoms with E-state index in [0.29, 0.717) is 12.1 Å². The predicted molar refractivity (Wildman–Crippen MR) is 124 cm³/mol. The number of amides is 1. The van der Waals surface area contributed by atoms with E-state index < -0.39 is 0 Å². The number of hydrogen-bond donors (Lipinski definition) is 1. The molecule has 2 heterocycles. The van der Waals surface area contributed by atoms with Crippen molar-refractivity contribution in [2.45, 2.75) is 26.3 Å². The first kappa shape index (κ1) is 20.8. The van der Waals surface area contributed by atoms with Gasteiger partial charge in [-0.2, -0.15) is 5.10 Å². The fraction of sp³-hybridized carbons (Fsp3) is 0.208. The lowest BCUT2D eigenvalue weighted by Gasteiger charge is -2.11. The van der Waals surface area contributed by atoms with Crippen molar-refractivity contribution in [2.24, 2.45) is 0 Å². The summed E-state index contributed by atoms with van der Waals surface area (Å²) in [5.74, 6) is -0.110. The number of nitrogens with zero attached hydrogens (tertiary/aromatic N) is 3. The van der Waals surface area contributed by atoms with Gasteiger partial charge in [0.2, 0.25) is 0 Å². The van der Waals surface area contributed by atoms with Crippen LogP contribution in [-0.4, -0.2) is 26.8 Å². The van der Waals surface area contributed by atoms with Crippen LogP contribution in [0.5, 0.6) is 0 Å². The van der Waals surface area contributed by atoms with Crippen LogP contribution in [0.4, 0.5) is 0 Å². The zero-order valence-corrected chi connectivity index (χ0v) is 18.1. The summed E-state index contributed by atoms with van der Waals surface area (Å²) in [5, 5.41) is 9.01. The van der Waals surface area contributed by atoms with Crippen molar-refractivity contribution < 1.29 is 4.79 Å². The van der Waals surface area contributed by atoms with E-state index in [-0.39, 0.29) is 10.8 Å². The molecule has 0 spiro atoms. The van der Waals surface area contributed by atoms with E-state index >= 15 is 0 Å². The Labute approximate surface area is 184 Å². The highest BCUT2D eigenvalue weighted by Crippen LogP contribution is 2.25. The van der Waals surface area contributed by atoms with Gasteiger partial charge in [-0.1, -0.05) is 41.7 Å². The molecule has 0 aliphatic carbocycles. The number of carbonyl (C=O) groups is 1. The number of carbonyl (C=O) groups excluding carboxylic acids is 1. The SMILES string of the molecule is Cc1ccccc1-n1c(-c2cccc(C(=O)NCCCCn3cccn3)c2)csc1=O. The summed E-state index contributed by atoms with van der Waals surface area (Å²) in [6.45, 7) is 3.43. The van der Waals surface area contributed by atoms with Gasteiger partial charge in [0.15, 0.2) is 0 Å². The van der Waals surface area contributed by atoms with Crippen LogP contribution in [-0.2, 0) is 6.54 Å². The summed E-state index contributed by atoms with van der Waals surface area (Å²) in [6, 6.07) is 17.1. The summed E-state index contributed by atoms with van der Waals surface area (Å²) in [6.07, 6.45) is 5.52. The molecule has 4 aromatic rings. The maximum absolute atomic E-state index is 12.6. The molecule has 0 bridgehead atoms. The van der Waals surface area contributed by atoms with Crippen molar-refractivity contribution in [2.75, 3.05) is 6.54 Å². The van der Waals surface area contributed by atoms with Gasteiger partial charge in [-0.15, -0.1) is 0 Å². The Morgan fingerprint density at radius 3 is 2.77 bits per heavy atom. The number of nitrogens with one attached hydrogen (secondary N) is 1. The van der Waals surface area contributed by atoms with Gasteiger partial charge in [-0.25, -0.2) is 0 Å². The van der Waals surface area contributed by atoms with E-state index in [1.54, 1.807) is 16.8 Å². The summed E-state index contributed by atoms with van der Waals surface area (Å²) in [7, 11) is 0. The molecule has 0 radical (unpaired) electrons. The summed E-state index contributed by atoms with van der Waals surface area (Å²) < 4.78 is 3.60. The van der Waals surface area contributed by atoms with E-state index in [4.69, 9.17) is 0 Å². The second-order valence-electron chi connectivity index (χ2n) is 7.32. The van der Waals surface area contributed by atoms with Crippen molar-refractivity contribution >= 4 is 17.2 Å². The molecular weight excluding hydrogens is 408 g/mol. The zero-order chi connectivity index (χ0) is 21.6. The third-order valence-corrected chi connectivity index (χ3v) is 5.86. The molecule has 2 aromatic heterocycles. The molecule has 6 nitrogen and oxygen atoms in total. The van der Waals surface area contributed by atoms with Gasteiger partial charge in [0, 0.05) is 42.0 Å². The molecule has 0 fully saturated rings. The Bertz CT molecular complexity index is 1220. The largest absolute Gasteiger partial charge is 0.352 e. The standard InChI is InChI=1S/C24H24N4O2S/c1-18-8-2-3-11-21(18)28-22(17-31-24(28)30)19-9-6-10-20(16-19)23(29)25-12-4-5-14-27-15-7-13-26-27/h2-3,6-11,13,15-17H,4-5,12,14H2,1H3,(H,25,29). The number of aryl methyl sites for hydroxylation is 2. The highest BCUT2D eigenvalue weighted by molar-refractivity contribution is 7.07. The van der Waals surface area contributed by atoms with Crippen LogP contribution in [0.25, 0.3) is 16.9 Å². The summed E-state index contributed by atoms with van der Waals surface area (Å²) in [5.41, 5.74) is 4.09. The molecule has 1 amide bonds. The number of para-hydroxylation sites is 1. The molecule has 0 unspecified atom stereocenters. The lowest BCUT2D eigenvalue weighted by molar-refractivity contribution is 0.0953.